The van der Waals surface area contributed by atoms with Crippen molar-refractivity contribution in [1.29, 1.82) is 0 Å². The molecule has 0 aliphatic heterocycles. The van der Waals surface area contributed by atoms with Crippen LogP contribution in [0.2, 0.25) is 10.0 Å². The smallest absolute Gasteiger partial charge is 0.122 e. The summed E-state index contributed by atoms with van der Waals surface area (Å²) in [6.07, 6.45) is 2.40. The number of rotatable bonds is 7. The van der Waals surface area contributed by atoms with Crippen molar-refractivity contribution in [3.05, 3.63) is 28.2 Å². The van der Waals surface area contributed by atoms with E-state index in [4.69, 9.17) is 27.9 Å². The fourth-order valence-corrected chi connectivity index (χ4v) is 1.79. The Bertz CT molecular complexity index is 300. The zero-order valence-electron chi connectivity index (χ0n) is 9.84. The lowest BCUT2D eigenvalue weighted by Gasteiger charge is -2.08. The molecular weight excluding hydrogens is 280 g/mol. The van der Waals surface area contributed by atoms with E-state index in [0.29, 0.717) is 16.7 Å². The van der Waals surface area contributed by atoms with Crippen molar-refractivity contribution >= 4 is 35.6 Å². The number of hydrogen-bond acceptors (Lipinski definition) is 2. The van der Waals surface area contributed by atoms with Gasteiger partial charge >= 0.3 is 0 Å². The maximum Gasteiger partial charge on any atom is 0.122 e. The van der Waals surface area contributed by atoms with Gasteiger partial charge in [0.2, 0.25) is 0 Å². The van der Waals surface area contributed by atoms with Crippen LogP contribution in [0.4, 0.5) is 0 Å². The maximum absolute atomic E-state index is 5.85. The summed E-state index contributed by atoms with van der Waals surface area (Å²) >= 11 is 11.7. The molecule has 17 heavy (non-hydrogen) atoms. The summed E-state index contributed by atoms with van der Waals surface area (Å²) in [5, 5.41) is 4.49. The van der Waals surface area contributed by atoms with E-state index in [2.05, 4.69) is 12.2 Å². The van der Waals surface area contributed by atoms with Crippen molar-refractivity contribution in [3.8, 4) is 5.75 Å². The van der Waals surface area contributed by atoms with E-state index in [1.165, 1.54) is 12.8 Å². The van der Waals surface area contributed by atoms with Gasteiger partial charge in [-0.1, -0.05) is 36.5 Å². The topological polar surface area (TPSA) is 21.3 Å². The first kappa shape index (κ1) is 16.9. The molecule has 1 aromatic rings. The summed E-state index contributed by atoms with van der Waals surface area (Å²) in [6, 6.07) is 5.22. The largest absolute Gasteiger partial charge is 0.492 e. The SMILES string of the molecule is CCCCNCCOc1cc(Cl)cc(Cl)c1.Cl. The highest BCUT2D eigenvalue weighted by Gasteiger charge is 1.98. The van der Waals surface area contributed by atoms with E-state index in [9.17, 15) is 0 Å². The monoisotopic (exact) mass is 297 g/mol. The molecule has 0 bridgehead atoms. The van der Waals surface area contributed by atoms with Crippen LogP contribution in [0.3, 0.4) is 0 Å². The van der Waals surface area contributed by atoms with Crippen molar-refractivity contribution in [2.45, 2.75) is 19.8 Å². The molecule has 0 saturated carbocycles. The fraction of sp³-hybridized carbons (Fsp3) is 0.500. The van der Waals surface area contributed by atoms with Crippen LogP contribution in [-0.4, -0.2) is 19.7 Å². The minimum Gasteiger partial charge on any atom is -0.492 e. The van der Waals surface area contributed by atoms with Gasteiger partial charge in [0, 0.05) is 16.6 Å². The van der Waals surface area contributed by atoms with Crippen LogP contribution in [0, 0.1) is 0 Å². The molecule has 0 aliphatic carbocycles. The van der Waals surface area contributed by atoms with Crippen LogP contribution in [0.25, 0.3) is 0 Å². The molecule has 0 amide bonds. The molecule has 0 saturated heterocycles. The average Bonchev–Trinajstić information content (AvgIpc) is 2.22. The van der Waals surface area contributed by atoms with Crippen molar-refractivity contribution in [3.63, 3.8) is 0 Å². The van der Waals surface area contributed by atoms with Gasteiger partial charge in [0.1, 0.15) is 12.4 Å². The lowest BCUT2D eigenvalue weighted by Crippen LogP contribution is -2.21. The summed E-state index contributed by atoms with van der Waals surface area (Å²) in [6.45, 7) is 4.67. The molecule has 0 atom stereocenters. The number of unbranched alkanes of at least 4 members (excludes halogenated alkanes) is 1. The van der Waals surface area contributed by atoms with Crippen LogP contribution in [-0.2, 0) is 0 Å². The Labute approximate surface area is 119 Å². The van der Waals surface area contributed by atoms with E-state index in [-0.39, 0.29) is 12.4 Å². The molecule has 0 heterocycles. The molecule has 0 spiro atoms. The molecule has 0 aromatic heterocycles. The van der Waals surface area contributed by atoms with E-state index >= 15 is 0 Å². The van der Waals surface area contributed by atoms with E-state index < -0.39 is 0 Å². The highest BCUT2D eigenvalue weighted by atomic mass is 35.5. The van der Waals surface area contributed by atoms with E-state index in [1.54, 1.807) is 18.2 Å². The minimum absolute atomic E-state index is 0. The normalized spacial score (nSPS) is 9.82. The molecule has 98 valence electrons. The molecule has 1 N–H and O–H groups in total. The van der Waals surface area contributed by atoms with Gasteiger partial charge in [0.05, 0.1) is 0 Å². The number of ether oxygens (including phenoxy) is 1. The quantitative estimate of drug-likeness (QED) is 0.762. The van der Waals surface area contributed by atoms with Gasteiger partial charge in [-0.05, 0) is 31.2 Å². The first-order valence-corrected chi connectivity index (χ1v) is 6.27. The lowest BCUT2D eigenvalue weighted by molar-refractivity contribution is 0.314. The Morgan fingerprint density at radius 1 is 1.12 bits per heavy atom. The highest BCUT2D eigenvalue weighted by molar-refractivity contribution is 6.34. The van der Waals surface area contributed by atoms with Crippen LogP contribution in [0.15, 0.2) is 18.2 Å². The van der Waals surface area contributed by atoms with Crippen molar-refractivity contribution in [1.82, 2.24) is 5.32 Å². The minimum atomic E-state index is 0. The second-order valence-corrected chi connectivity index (χ2v) is 4.43. The second kappa shape index (κ2) is 9.84. The fourth-order valence-electron chi connectivity index (χ4n) is 1.28. The lowest BCUT2D eigenvalue weighted by atomic mass is 10.3. The van der Waals surface area contributed by atoms with Gasteiger partial charge in [-0.25, -0.2) is 0 Å². The number of hydrogen-bond donors (Lipinski definition) is 1. The molecule has 1 rings (SSSR count). The third-order valence-electron chi connectivity index (χ3n) is 2.09. The standard InChI is InChI=1S/C12H17Cl2NO.ClH/c1-2-3-4-15-5-6-16-12-8-10(13)7-11(14)9-12;/h7-9,15H,2-6H2,1H3;1H. The molecule has 1 aromatic carbocycles. The van der Waals surface area contributed by atoms with Gasteiger partial charge in [-0.3, -0.25) is 0 Å². The summed E-state index contributed by atoms with van der Waals surface area (Å²) in [4.78, 5) is 0. The second-order valence-electron chi connectivity index (χ2n) is 3.56. The molecular formula is C12H18Cl3NO. The van der Waals surface area contributed by atoms with Gasteiger partial charge in [0.15, 0.2) is 0 Å². The summed E-state index contributed by atoms with van der Waals surface area (Å²) in [7, 11) is 0. The molecule has 0 radical (unpaired) electrons. The Morgan fingerprint density at radius 2 is 1.76 bits per heavy atom. The Hall–Kier alpha value is -0.150. The van der Waals surface area contributed by atoms with Gasteiger partial charge in [-0.15, -0.1) is 12.4 Å². The summed E-state index contributed by atoms with van der Waals surface area (Å²) in [5.41, 5.74) is 0. The molecule has 2 nitrogen and oxygen atoms in total. The van der Waals surface area contributed by atoms with Gasteiger partial charge in [-0.2, -0.15) is 0 Å². The highest BCUT2D eigenvalue weighted by Crippen LogP contribution is 2.23. The van der Waals surface area contributed by atoms with E-state index in [0.717, 1.165) is 18.8 Å². The first-order valence-electron chi connectivity index (χ1n) is 5.52. The third kappa shape index (κ3) is 7.72. The van der Waals surface area contributed by atoms with Crippen molar-refractivity contribution in [2.75, 3.05) is 19.7 Å². The molecule has 0 aliphatic rings. The van der Waals surface area contributed by atoms with Crippen molar-refractivity contribution < 1.29 is 4.74 Å². The van der Waals surface area contributed by atoms with Gasteiger partial charge in [0.25, 0.3) is 0 Å². The zero-order chi connectivity index (χ0) is 11.8. The van der Waals surface area contributed by atoms with Crippen LogP contribution < -0.4 is 10.1 Å². The zero-order valence-corrected chi connectivity index (χ0v) is 12.2. The predicted octanol–water partition coefficient (Wildman–Crippen LogP) is 4.18. The number of halogens is 3. The van der Waals surface area contributed by atoms with Crippen LogP contribution >= 0.6 is 35.6 Å². The Balaban J connectivity index is 0.00000256. The van der Waals surface area contributed by atoms with Crippen molar-refractivity contribution in [2.24, 2.45) is 0 Å². The number of benzene rings is 1. The Morgan fingerprint density at radius 3 is 2.35 bits per heavy atom. The van der Waals surface area contributed by atoms with Crippen LogP contribution in [0.5, 0.6) is 5.75 Å². The van der Waals surface area contributed by atoms with Gasteiger partial charge < -0.3 is 10.1 Å². The average molecular weight is 299 g/mol. The third-order valence-corrected chi connectivity index (χ3v) is 2.53. The summed E-state index contributed by atoms with van der Waals surface area (Å²) < 4.78 is 5.52. The Kier molecular flexibility index (Phi) is 9.75. The number of nitrogens with one attached hydrogen (secondary N) is 1. The summed E-state index contributed by atoms with van der Waals surface area (Å²) in [5.74, 6) is 0.717. The van der Waals surface area contributed by atoms with Crippen LogP contribution in [0.1, 0.15) is 19.8 Å². The maximum atomic E-state index is 5.85. The molecule has 0 fully saturated rings. The molecule has 0 unspecified atom stereocenters. The van der Waals surface area contributed by atoms with E-state index in [1.807, 2.05) is 0 Å². The molecule has 5 heteroatoms. The first-order chi connectivity index (χ1) is 7.72. The predicted molar refractivity (Wildman–Crippen MR) is 77.0 cm³/mol.